The molecule has 0 unspecified atom stereocenters. The van der Waals surface area contributed by atoms with Gasteiger partial charge in [0.05, 0.1) is 6.42 Å². The summed E-state index contributed by atoms with van der Waals surface area (Å²) >= 11 is 0. The molecule has 1 rings (SSSR count). The summed E-state index contributed by atoms with van der Waals surface area (Å²) in [5.74, 6) is -1.30. The Morgan fingerprint density at radius 3 is 2.38 bits per heavy atom. The van der Waals surface area contributed by atoms with E-state index in [9.17, 15) is 9.59 Å². The van der Waals surface area contributed by atoms with E-state index in [2.05, 4.69) is 0 Å². The van der Waals surface area contributed by atoms with E-state index >= 15 is 0 Å². The van der Waals surface area contributed by atoms with Gasteiger partial charge in [-0.2, -0.15) is 0 Å². The minimum atomic E-state index is -0.903. The molecule has 13 heavy (non-hydrogen) atoms. The number of rotatable bonds is 3. The predicted octanol–water partition coefficient (Wildman–Crippen LogP) is 0.720. The molecule has 0 aromatic carbocycles. The molecule has 74 valence electrons. The molecular weight excluding hydrogens is 170 g/mol. The van der Waals surface area contributed by atoms with Crippen LogP contribution in [0.5, 0.6) is 0 Å². The maximum absolute atomic E-state index is 11.5. The van der Waals surface area contributed by atoms with Crippen molar-refractivity contribution in [3.63, 3.8) is 0 Å². The van der Waals surface area contributed by atoms with Crippen molar-refractivity contribution >= 4 is 11.9 Å². The van der Waals surface area contributed by atoms with E-state index in [4.69, 9.17) is 5.11 Å². The van der Waals surface area contributed by atoms with E-state index < -0.39 is 5.97 Å². The lowest BCUT2D eigenvalue weighted by Crippen LogP contribution is -2.33. The first-order valence-corrected chi connectivity index (χ1v) is 4.62. The summed E-state index contributed by atoms with van der Waals surface area (Å²) in [6.07, 6.45) is 2.03. The van der Waals surface area contributed by atoms with Gasteiger partial charge in [0.1, 0.15) is 0 Å². The fraction of sp³-hybridized carbons (Fsp3) is 0.778. The number of amides is 1. The molecule has 1 amide bonds. The van der Waals surface area contributed by atoms with Crippen molar-refractivity contribution in [3.05, 3.63) is 0 Å². The van der Waals surface area contributed by atoms with Crippen molar-refractivity contribution in [3.8, 4) is 0 Å². The molecule has 4 nitrogen and oxygen atoms in total. The van der Waals surface area contributed by atoms with Crippen molar-refractivity contribution in [1.29, 1.82) is 0 Å². The number of aliphatic carboxylic acids is 1. The first-order valence-electron chi connectivity index (χ1n) is 4.62. The Labute approximate surface area is 77.5 Å². The standard InChI is InChI=1S/C9H15NO3/c1-7(6-8(11)12)9(13)10-4-2-3-5-10/h7H,2-6H2,1H3,(H,11,12)/t7-/m0/s1. The second-order valence-electron chi connectivity index (χ2n) is 3.53. The van der Waals surface area contributed by atoms with Crippen LogP contribution in [-0.2, 0) is 9.59 Å². The van der Waals surface area contributed by atoms with Gasteiger partial charge in [-0.3, -0.25) is 9.59 Å². The summed E-state index contributed by atoms with van der Waals surface area (Å²) in [6.45, 7) is 3.26. The number of nitrogens with zero attached hydrogens (tertiary/aromatic N) is 1. The Balaban J connectivity index is 2.41. The number of likely N-dealkylation sites (tertiary alicyclic amines) is 1. The lowest BCUT2D eigenvalue weighted by molar-refractivity contribution is -0.143. The van der Waals surface area contributed by atoms with E-state index in [1.807, 2.05) is 0 Å². The van der Waals surface area contributed by atoms with E-state index in [0.717, 1.165) is 25.9 Å². The van der Waals surface area contributed by atoms with Crippen molar-refractivity contribution in [2.45, 2.75) is 26.2 Å². The molecule has 0 aromatic rings. The smallest absolute Gasteiger partial charge is 0.304 e. The van der Waals surface area contributed by atoms with Crippen LogP contribution in [0, 0.1) is 5.92 Å². The van der Waals surface area contributed by atoms with Gasteiger partial charge in [-0.05, 0) is 12.8 Å². The fourth-order valence-electron chi connectivity index (χ4n) is 1.60. The normalized spacial score (nSPS) is 18.7. The van der Waals surface area contributed by atoms with Gasteiger partial charge in [0, 0.05) is 19.0 Å². The molecule has 0 bridgehead atoms. The number of hydrogen-bond donors (Lipinski definition) is 1. The molecule has 1 heterocycles. The van der Waals surface area contributed by atoms with Crippen molar-refractivity contribution in [1.82, 2.24) is 4.90 Å². The van der Waals surface area contributed by atoms with Crippen LogP contribution in [-0.4, -0.2) is 35.0 Å². The summed E-state index contributed by atoms with van der Waals surface area (Å²) < 4.78 is 0. The Kier molecular flexibility index (Phi) is 3.28. The largest absolute Gasteiger partial charge is 0.481 e. The zero-order valence-corrected chi connectivity index (χ0v) is 7.82. The number of carbonyl (C=O) groups is 2. The fourth-order valence-corrected chi connectivity index (χ4v) is 1.60. The van der Waals surface area contributed by atoms with Crippen molar-refractivity contribution < 1.29 is 14.7 Å². The predicted molar refractivity (Wildman–Crippen MR) is 47.2 cm³/mol. The van der Waals surface area contributed by atoms with Crippen LogP contribution >= 0.6 is 0 Å². The maximum Gasteiger partial charge on any atom is 0.304 e. The van der Waals surface area contributed by atoms with Crippen molar-refractivity contribution in [2.24, 2.45) is 5.92 Å². The first kappa shape index (κ1) is 10.0. The van der Waals surface area contributed by atoms with Crippen LogP contribution in [0.2, 0.25) is 0 Å². The van der Waals surface area contributed by atoms with Gasteiger partial charge in [0.2, 0.25) is 5.91 Å². The SMILES string of the molecule is C[C@@H](CC(=O)O)C(=O)N1CCCC1. The summed E-state index contributed by atoms with van der Waals surface area (Å²) in [7, 11) is 0. The zero-order chi connectivity index (χ0) is 9.84. The van der Waals surface area contributed by atoms with Gasteiger partial charge in [0.25, 0.3) is 0 Å². The van der Waals surface area contributed by atoms with Crippen LogP contribution in [0.15, 0.2) is 0 Å². The Bertz CT molecular complexity index is 209. The topological polar surface area (TPSA) is 57.6 Å². The highest BCUT2D eigenvalue weighted by molar-refractivity contribution is 5.83. The van der Waals surface area contributed by atoms with Crippen molar-refractivity contribution in [2.75, 3.05) is 13.1 Å². The summed E-state index contributed by atoms with van der Waals surface area (Å²) in [5.41, 5.74) is 0. The van der Waals surface area contributed by atoms with Crippen LogP contribution < -0.4 is 0 Å². The molecule has 0 aliphatic carbocycles. The molecule has 4 heteroatoms. The number of carboxylic acid groups (broad SMARTS) is 1. The Morgan fingerprint density at radius 1 is 1.38 bits per heavy atom. The third kappa shape index (κ3) is 2.72. The highest BCUT2D eigenvalue weighted by Crippen LogP contribution is 2.13. The first-order chi connectivity index (χ1) is 6.11. The van der Waals surface area contributed by atoms with Gasteiger partial charge in [-0.1, -0.05) is 6.92 Å². The van der Waals surface area contributed by atoms with E-state index in [-0.39, 0.29) is 18.2 Å². The molecule has 1 N–H and O–H groups in total. The minimum absolute atomic E-state index is 0.0140. The van der Waals surface area contributed by atoms with E-state index in [0.29, 0.717) is 0 Å². The van der Waals surface area contributed by atoms with Crippen LogP contribution in [0.3, 0.4) is 0 Å². The lowest BCUT2D eigenvalue weighted by Gasteiger charge is -2.18. The van der Waals surface area contributed by atoms with Crippen LogP contribution in [0.4, 0.5) is 0 Å². The molecule has 0 aromatic heterocycles. The second kappa shape index (κ2) is 4.25. The summed E-state index contributed by atoms with van der Waals surface area (Å²) in [4.78, 5) is 23.7. The molecule has 0 radical (unpaired) electrons. The molecular formula is C9H15NO3. The molecule has 1 aliphatic heterocycles. The van der Waals surface area contributed by atoms with Gasteiger partial charge in [-0.25, -0.2) is 0 Å². The summed E-state index contributed by atoms with van der Waals surface area (Å²) in [5, 5.41) is 8.50. The van der Waals surface area contributed by atoms with Gasteiger partial charge >= 0.3 is 5.97 Å². The molecule has 1 saturated heterocycles. The minimum Gasteiger partial charge on any atom is -0.481 e. The average molecular weight is 185 g/mol. The number of hydrogen-bond acceptors (Lipinski definition) is 2. The number of carboxylic acids is 1. The molecule has 0 spiro atoms. The van der Waals surface area contributed by atoms with Gasteiger partial charge < -0.3 is 10.0 Å². The Hall–Kier alpha value is -1.06. The van der Waals surface area contributed by atoms with Crippen LogP contribution in [0.1, 0.15) is 26.2 Å². The highest BCUT2D eigenvalue weighted by atomic mass is 16.4. The third-order valence-corrected chi connectivity index (χ3v) is 2.32. The highest BCUT2D eigenvalue weighted by Gasteiger charge is 2.24. The molecule has 0 saturated carbocycles. The Morgan fingerprint density at radius 2 is 1.92 bits per heavy atom. The lowest BCUT2D eigenvalue weighted by atomic mass is 10.1. The second-order valence-corrected chi connectivity index (χ2v) is 3.53. The van der Waals surface area contributed by atoms with E-state index in [1.54, 1.807) is 11.8 Å². The van der Waals surface area contributed by atoms with Crippen LogP contribution in [0.25, 0.3) is 0 Å². The van der Waals surface area contributed by atoms with Gasteiger partial charge in [0.15, 0.2) is 0 Å². The molecule has 1 fully saturated rings. The monoisotopic (exact) mass is 185 g/mol. The summed E-state index contributed by atoms with van der Waals surface area (Å²) in [6, 6.07) is 0. The molecule has 1 atom stereocenters. The third-order valence-electron chi connectivity index (χ3n) is 2.32. The molecule has 1 aliphatic rings. The quantitative estimate of drug-likeness (QED) is 0.704. The zero-order valence-electron chi connectivity index (χ0n) is 7.82. The average Bonchev–Trinajstić information content (AvgIpc) is 2.53. The maximum atomic E-state index is 11.5. The van der Waals surface area contributed by atoms with Gasteiger partial charge in [-0.15, -0.1) is 0 Å². The van der Waals surface area contributed by atoms with E-state index in [1.165, 1.54) is 0 Å². The number of carbonyl (C=O) groups excluding carboxylic acids is 1.